The molecule has 0 aliphatic rings. The Labute approximate surface area is 141 Å². The number of nitrogens with one attached hydrogen (secondary N) is 1. The molecule has 0 aliphatic heterocycles. The molecule has 1 amide bonds. The van der Waals surface area contributed by atoms with E-state index in [1.54, 1.807) is 13.0 Å². The number of benzene rings is 1. The van der Waals surface area contributed by atoms with Gasteiger partial charge in [-0.2, -0.15) is 0 Å². The molecule has 116 valence electrons. The Hall–Kier alpha value is -1.80. The molecule has 0 unspecified atom stereocenters. The highest BCUT2D eigenvalue weighted by Crippen LogP contribution is 2.26. The van der Waals surface area contributed by atoms with E-state index in [1.807, 2.05) is 24.3 Å². The van der Waals surface area contributed by atoms with E-state index in [1.165, 1.54) is 16.4 Å². The summed E-state index contributed by atoms with van der Waals surface area (Å²) in [5.41, 5.74) is 0.847. The first-order valence-electron chi connectivity index (χ1n) is 6.54. The van der Waals surface area contributed by atoms with Gasteiger partial charge in [0.25, 0.3) is 0 Å². The predicted molar refractivity (Wildman–Crippen MR) is 91.8 cm³/mol. The van der Waals surface area contributed by atoms with E-state index in [0.717, 1.165) is 10.0 Å². The number of nitrogens with two attached hydrogens (primary N) is 1. The molecule has 1 heterocycles. The fourth-order valence-corrected chi connectivity index (χ4v) is 2.90. The van der Waals surface area contributed by atoms with Gasteiger partial charge in [0.2, 0.25) is 11.1 Å². The van der Waals surface area contributed by atoms with Crippen LogP contribution in [-0.2, 0) is 4.79 Å². The summed E-state index contributed by atoms with van der Waals surface area (Å²) >= 11 is 4.66. The number of hydrogen-bond acceptors (Lipinski definition) is 5. The van der Waals surface area contributed by atoms with Gasteiger partial charge < -0.3 is 11.2 Å². The van der Waals surface area contributed by atoms with Crippen molar-refractivity contribution in [1.82, 2.24) is 20.2 Å². The molecule has 0 bridgehead atoms. The largest absolute Gasteiger partial charge is 0.352 e. The Morgan fingerprint density at radius 1 is 1.59 bits per heavy atom. The van der Waals surface area contributed by atoms with Gasteiger partial charge in [0, 0.05) is 16.6 Å². The molecule has 2 aromatic rings. The summed E-state index contributed by atoms with van der Waals surface area (Å²) in [6, 6.07) is 7.61. The highest BCUT2D eigenvalue weighted by atomic mass is 79.9. The number of nitrogens with zero attached hydrogens (tertiary/aromatic N) is 3. The summed E-state index contributed by atoms with van der Waals surface area (Å²) < 4.78 is 2.32. The molecule has 1 atom stereocenters. The van der Waals surface area contributed by atoms with Gasteiger partial charge in [-0.15, -0.1) is 16.8 Å². The van der Waals surface area contributed by atoms with Gasteiger partial charge in [-0.3, -0.25) is 4.79 Å². The lowest BCUT2D eigenvalue weighted by Gasteiger charge is -2.10. The molecular weight excluding hydrogens is 366 g/mol. The molecule has 6 nitrogen and oxygen atoms in total. The number of carbonyl (C=O) groups excluding carboxylic acids is 1. The zero-order chi connectivity index (χ0) is 16.1. The van der Waals surface area contributed by atoms with Gasteiger partial charge in [-0.25, -0.2) is 4.68 Å². The fourth-order valence-electron chi connectivity index (χ4n) is 1.71. The molecule has 3 N–H and O–H groups in total. The smallest absolute Gasteiger partial charge is 0.233 e. The van der Waals surface area contributed by atoms with E-state index >= 15 is 0 Å². The zero-order valence-corrected chi connectivity index (χ0v) is 14.4. The maximum absolute atomic E-state index is 11.9. The molecule has 8 heteroatoms. The Bertz CT molecular complexity index is 688. The molecule has 0 fully saturated rings. The maximum atomic E-state index is 11.9. The molecule has 0 spiro atoms. The zero-order valence-electron chi connectivity index (χ0n) is 12.0. The van der Waals surface area contributed by atoms with E-state index < -0.39 is 0 Å². The van der Waals surface area contributed by atoms with E-state index in [0.29, 0.717) is 17.5 Å². The van der Waals surface area contributed by atoms with Crippen molar-refractivity contribution in [3.8, 4) is 11.4 Å². The average molecular weight is 382 g/mol. The number of amides is 1. The number of nitrogen functional groups attached to an aromatic ring is 1. The van der Waals surface area contributed by atoms with Crippen molar-refractivity contribution < 1.29 is 4.79 Å². The van der Waals surface area contributed by atoms with E-state index in [2.05, 4.69) is 38.0 Å². The predicted octanol–water partition coefficient (Wildman–Crippen LogP) is 2.20. The van der Waals surface area contributed by atoms with Gasteiger partial charge >= 0.3 is 0 Å². The minimum atomic E-state index is -0.332. The third-order valence-electron chi connectivity index (χ3n) is 2.82. The molecule has 0 radical (unpaired) electrons. The second-order valence-corrected chi connectivity index (χ2v) is 6.70. The lowest BCUT2D eigenvalue weighted by atomic mass is 10.2. The number of hydrogen-bond donors (Lipinski definition) is 2. The lowest BCUT2D eigenvalue weighted by Crippen LogP contribution is -2.31. The van der Waals surface area contributed by atoms with Crippen molar-refractivity contribution in [2.45, 2.75) is 17.3 Å². The van der Waals surface area contributed by atoms with Crippen LogP contribution in [0.2, 0.25) is 0 Å². The van der Waals surface area contributed by atoms with Crippen molar-refractivity contribution in [1.29, 1.82) is 0 Å². The van der Waals surface area contributed by atoms with E-state index in [9.17, 15) is 4.79 Å². The number of aromatic nitrogens is 3. The summed E-state index contributed by atoms with van der Waals surface area (Å²) in [5, 5.41) is 11.0. The molecular formula is C14H16BrN5OS. The highest BCUT2D eigenvalue weighted by molar-refractivity contribution is 9.10. The SMILES string of the molecule is C=CCNC(=O)[C@@H](C)Sc1nnc(-c2cccc(Br)c2)n1N. The Morgan fingerprint density at radius 3 is 3.05 bits per heavy atom. The number of thioether (sulfide) groups is 1. The van der Waals surface area contributed by atoms with Crippen LogP contribution in [-0.4, -0.2) is 32.6 Å². The maximum Gasteiger partial charge on any atom is 0.233 e. The first-order valence-corrected chi connectivity index (χ1v) is 8.22. The summed E-state index contributed by atoms with van der Waals surface area (Å²) in [6.45, 7) is 5.78. The lowest BCUT2D eigenvalue weighted by molar-refractivity contribution is -0.120. The first-order chi connectivity index (χ1) is 10.5. The summed E-state index contributed by atoms with van der Waals surface area (Å²) in [7, 11) is 0. The van der Waals surface area contributed by atoms with Crippen molar-refractivity contribution in [2.24, 2.45) is 0 Å². The number of halogens is 1. The van der Waals surface area contributed by atoms with Crippen LogP contribution in [0.5, 0.6) is 0 Å². The molecule has 2 rings (SSSR count). The fraction of sp³-hybridized carbons (Fsp3) is 0.214. The second-order valence-electron chi connectivity index (χ2n) is 4.48. The summed E-state index contributed by atoms with van der Waals surface area (Å²) in [4.78, 5) is 11.9. The van der Waals surface area contributed by atoms with E-state index in [-0.39, 0.29) is 11.2 Å². The molecule has 0 aliphatic carbocycles. The first kappa shape index (κ1) is 16.6. The molecule has 0 saturated heterocycles. The minimum Gasteiger partial charge on any atom is -0.352 e. The van der Waals surface area contributed by atoms with Crippen molar-refractivity contribution in [3.05, 3.63) is 41.4 Å². The molecule has 1 aromatic carbocycles. The van der Waals surface area contributed by atoms with Crippen molar-refractivity contribution >= 4 is 33.6 Å². The number of carbonyl (C=O) groups is 1. The van der Waals surface area contributed by atoms with Gasteiger partial charge in [0.05, 0.1) is 5.25 Å². The van der Waals surface area contributed by atoms with E-state index in [4.69, 9.17) is 5.84 Å². The van der Waals surface area contributed by atoms with Crippen LogP contribution in [0.15, 0.2) is 46.5 Å². The Kier molecular flexibility index (Phi) is 5.62. The van der Waals surface area contributed by atoms with Crippen LogP contribution in [0.3, 0.4) is 0 Å². The van der Waals surface area contributed by atoms with Crippen molar-refractivity contribution in [2.75, 3.05) is 12.4 Å². The van der Waals surface area contributed by atoms with Crippen LogP contribution in [0.1, 0.15) is 6.92 Å². The van der Waals surface area contributed by atoms with Crippen LogP contribution in [0, 0.1) is 0 Å². The quantitative estimate of drug-likeness (QED) is 0.455. The summed E-state index contributed by atoms with van der Waals surface area (Å²) in [5.74, 6) is 6.49. The average Bonchev–Trinajstić information content (AvgIpc) is 2.86. The standard InChI is InChI=1S/C14H16BrN5OS/c1-3-7-17-13(21)9(2)22-14-19-18-12(20(14)16)10-5-4-6-11(15)8-10/h3-6,8-9H,1,7,16H2,2H3,(H,17,21)/t9-/m1/s1. The third kappa shape index (κ3) is 3.89. The van der Waals surface area contributed by atoms with Crippen LogP contribution in [0.25, 0.3) is 11.4 Å². The molecule has 1 aromatic heterocycles. The van der Waals surface area contributed by atoms with Gasteiger partial charge in [0.15, 0.2) is 5.82 Å². The summed E-state index contributed by atoms with van der Waals surface area (Å²) in [6.07, 6.45) is 1.63. The minimum absolute atomic E-state index is 0.100. The second kappa shape index (κ2) is 7.46. The Balaban J connectivity index is 2.14. The van der Waals surface area contributed by atoms with Crippen LogP contribution >= 0.6 is 27.7 Å². The normalized spacial score (nSPS) is 11.9. The molecule has 22 heavy (non-hydrogen) atoms. The monoisotopic (exact) mass is 381 g/mol. The van der Waals surface area contributed by atoms with Crippen molar-refractivity contribution in [3.63, 3.8) is 0 Å². The van der Waals surface area contributed by atoms with Crippen LogP contribution < -0.4 is 11.2 Å². The van der Waals surface area contributed by atoms with Gasteiger partial charge in [-0.1, -0.05) is 45.9 Å². The number of rotatable bonds is 6. The Morgan fingerprint density at radius 2 is 2.36 bits per heavy atom. The third-order valence-corrected chi connectivity index (χ3v) is 4.37. The van der Waals surface area contributed by atoms with Crippen LogP contribution in [0.4, 0.5) is 0 Å². The van der Waals surface area contributed by atoms with Gasteiger partial charge in [-0.05, 0) is 19.1 Å². The highest BCUT2D eigenvalue weighted by Gasteiger charge is 2.19. The van der Waals surface area contributed by atoms with Gasteiger partial charge in [0.1, 0.15) is 0 Å². The topological polar surface area (TPSA) is 85.8 Å². The molecule has 0 saturated carbocycles.